The van der Waals surface area contributed by atoms with E-state index >= 15 is 0 Å². The number of likely N-dealkylation sites (N-methyl/N-ethyl adjacent to an activating group) is 1. The summed E-state index contributed by atoms with van der Waals surface area (Å²) >= 11 is 0. The lowest BCUT2D eigenvalue weighted by Crippen LogP contribution is -2.40. The van der Waals surface area contributed by atoms with E-state index in [0.29, 0.717) is 12.0 Å². The maximum atomic E-state index is 5.53. The maximum Gasteiger partial charge on any atom is 0.105 e. The van der Waals surface area contributed by atoms with Gasteiger partial charge in [0.25, 0.3) is 0 Å². The molecule has 1 aromatic heterocycles. The molecule has 1 aromatic carbocycles. The van der Waals surface area contributed by atoms with Crippen LogP contribution in [-0.2, 0) is 19.3 Å². The van der Waals surface area contributed by atoms with Gasteiger partial charge in [-0.3, -0.25) is 0 Å². The molecule has 0 saturated heterocycles. The molecular weight excluding hydrogens is 246 g/mol. The largest absolute Gasteiger partial charge is 0.469 e. The van der Waals surface area contributed by atoms with Crippen molar-refractivity contribution >= 4 is 0 Å². The van der Waals surface area contributed by atoms with E-state index in [0.717, 1.165) is 18.7 Å². The van der Waals surface area contributed by atoms with Gasteiger partial charge in [0.1, 0.15) is 5.76 Å². The molecule has 2 heteroatoms. The number of aryl methyl sites for hydroxylation is 1. The molecule has 1 N–H and O–H groups in total. The van der Waals surface area contributed by atoms with Crippen LogP contribution < -0.4 is 5.32 Å². The second-order valence-corrected chi connectivity index (χ2v) is 5.72. The first-order chi connectivity index (χ1) is 9.86. The topological polar surface area (TPSA) is 25.2 Å². The molecule has 3 rings (SSSR count). The average Bonchev–Trinajstić information content (AvgIpc) is 2.99. The van der Waals surface area contributed by atoms with Gasteiger partial charge in [0.15, 0.2) is 0 Å². The summed E-state index contributed by atoms with van der Waals surface area (Å²) in [7, 11) is 0. The molecule has 2 atom stereocenters. The van der Waals surface area contributed by atoms with Crippen molar-refractivity contribution in [1.82, 2.24) is 5.32 Å². The van der Waals surface area contributed by atoms with Crippen molar-refractivity contribution < 1.29 is 4.42 Å². The second kappa shape index (κ2) is 6.27. The summed E-state index contributed by atoms with van der Waals surface area (Å²) in [6, 6.07) is 13.5. The molecule has 20 heavy (non-hydrogen) atoms. The zero-order valence-corrected chi connectivity index (χ0v) is 12.1. The summed E-state index contributed by atoms with van der Waals surface area (Å²) in [5.74, 6) is 1.80. The van der Waals surface area contributed by atoms with E-state index in [1.54, 1.807) is 6.26 Å². The minimum atomic E-state index is 0.513. The quantitative estimate of drug-likeness (QED) is 0.897. The minimum absolute atomic E-state index is 0.513. The van der Waals surface area contributed by atoms with Crippen LogP contribution in [0.3, 0.4) is 0 Å². The molecule has 1 aliphatic rings. The second-order valence-electron chi connectivity index (χ2n) is 5.72. The summed E-state index contributed by atoms with van der Waals surface area (Å²) in [5.41, 5.74) is 3.07. The van der Waals surface area contributed by atoms with E-state index in [4.69, 9.17) is 4.42 Å². The Morgan fingerprint density at radius 1 is 1.20 bits per heavy atom. The molecule has 0 saturated carbocycles. The molecule has 0 aliphatic heterocycles. The molecule has 0 radical (unpaired) electrons. The van der Waals surface area contributed by atoms with Gasteiger partial charge in [0, 0.05) is 12.5 Å². The number of nitrogens with one attached hydrogen (secondary N) is 1. The summed E-state index contributed by atoms with van der Waals surface area (Å²) in [6.45, 7) is 3.20. The summed E-state index contributed by atoms with van der Waals surface area (Å²) < 4.78 is 5.53. The summed E-state index contributed by atoms with van der Waals surface area (Å²) in [6.07, 6.45) is 6.44. The Kier molecular flexibility index (Phi) is 4.22. The molecule has 1 aliphatic carbocycles. The number of hydrogen-bond donors (Lipinski definition) is 1. The normalized spacial score (nSPS) is 19.6. The smallest absolute Gasteiger partial charge is 0.105 e. The number of benzene rings is 1. The van der Waals surface area contributed by atoms with Gasteiger partial charge >= 0.3 is 0 Å². The monoisotopic (exact) mass is 269 g/mol. The van der Waals surface area contributed by atoms with Crippen molar-refractivity contribution in [2.75, 3.05) is 6.54 Å². The zero-order chi connectivity index (χ0) is 13.8. The van der Waals surface area contributed by atoms with E-state index in [1.165, 1.54) is 30.4 Å². The van der Waals surface area contributed by atoms with E-state index < -0.39 is 0 Å². The highest BCUT2D eigenvalue weighted by molar-refractivity contribution is 5.30. The van der Waals surface area contributed by atoms with E-state index in [-0.39, 0.29) is 0 Å². The third-order valence-electron chi connectivity index (χ3n) is 4.42. The van der Waals surface area contributed by atoms with E-state index in [9.17, 15) is 0 Å². The van der Waals surface area contributed by atoms with E-state index in [1.807, 2.05) is 6.07 Å². The molecule has 2 aromatic rings. The Hall–Kier alpha value is -1.54. The van der Waals surface area contributed by atoms with Crippen LogP contribution in [0.5, 0.6) is 0 Å². The Balaban J connectivity index is 1.72. The number of fused-ring (bicyclic) bond motifs is 1. The molecule has 2 nitrogen and oxygen atoms in total. The number of rotatable bonds is 5. The Morgan fingerprint density at radius 3 is 2.80 bits per heavy atom. The van der Waals surface area contributed by atoms with Crippen LogP contribution in [0.25, 0.3) is 0 Å². The fourth-order valence-electron chi connectivity index (χ4n) is 3.38. The van der Waals surface area contributed by atoms with Gasteiger partial charge in [-0.25, -0.2) is 0 Å². The molecular formula is C18H23NO. The van der Waals surface area contributed by atoms with Crippen LogP contribution in [0.15, 0.2) is 47.1 Å². The highest BCUT2D eigenvalue weighted by Gasteiger charge is 2.26. The first-order valence-electron chi connectivity index (χ1n) is 7.69. The Bertz CT molecular complexity index is 532. The lowest BCUT2D eigenvalue weighted by atomic mass is 9.79. The van der Waals surface area contributed by atoms with Crippen molar-refractivity contribution in [2.24, 2.45) is 5.92 Å². The van der Waals surface area contributed by atoms with Gasteiger partial charge in [-0.2, -0.15) is 0 Å². The molecule has 1 heterocycles. The predicted molar refractivity (Wildman–Crippen MR) is 81.8 cm³/mol. The average molecular weight is 269 g/mol. The summed E-state index contributed by atoms with van der Waals surface area (Å²) in [5, 5.41) is 3.66. The fraction of sp³-hybridized carbons (Fsp3) is 0.444. The Morgan fingerprint density at radius 2 is 2.05 bits per heavy atom. The van der Waals surface area contributed by atoms with E-state index in [2.05, 4.69) is 42.6 Å². The van der Waals surface area contributed by atoms with Gasteiger partial charge in [0.05, 0.1) is 6.26 Å². The number of furan rings is 1. The van der Waals surface area contributed by atoms with Crippen molar-refractivity contribution in [3.05, 3.63) is 59.5 Å². The minimum Gasteiger partial charge on any atom is -0.469 e. The van der Waals surface area contributed by atoms with Gasteiger partial charge in [-0.05, 0) is 55.0 Å². The van der Waals surface area contributed by atoms with Crippen LogP contribution in [0, 0.1) is 5.92 Å². The van der Waals surface area contributed by atoms with Gasteiger partial charge in [0.2, 0.25) is 0 Å². The third-order valence-corrected chi connectivity index (χ3v) is 4.42. The zero-order valence-electron chi connectivity index (χ0n) is 12.1. The first kappa shape index (κ1) is 13.4. The third kappa shape index (κ3) is 2.96. The first-order valence-corrected chi connectivity index (χ1v) is 7.69. The highest BCUT2D eigenvalue weighted by Crippen LogP contribution is 2.28. The molecule has 0 bridgehead atoms. The van der Waals surface area contributed by atoms with Gasteiger partial charge < -0.3 is 9.73 Å². The fourth-order valence-corrected chi connectivity index (χ4v) is 3.38. The van der Waals surface area contributed by atoms with Crippen LogP contribution in [0.4, 0.5) is 0 Å². The highest BCUT2D eigenvalue weighted by atomic mass is 16.3. The van der Waals surface area contributed by atoms with Crippen molar-refractivity contribution in [3.8, 4) is 0 Å². The molecule has 2 unspecified atom stereocenters. The van der Waals surface area contributed by atoms with Crippen molar-refractivity contribution in [3.63, 3.8) is 0 Å². The van der Waals surface area contributed by atoms with Crippen LogP contribution >= 0.6 is 0 Å². The SMILES string of the molecule is CCNC(Cc1ccco1)C1CCc2ccccc2C1. The number of hydrogen-bond acceptors (Lipinski definition) is 2. The van der Waals surface area contributed by atoms with Gasteiger partial charge in [-0.15, -0.1) is 0 Å². The van der Waals surface area contributed by atoms with Crippen LogP contribution in [0.2, 0.25) is 0 Å². The van der Waals surface area contributed by atoms with Gasteiger partial charge in [-0.1, -0.05) is 31.2 Å². The molecule has 0 fully saturated rings. The summed E-state index contributed by atoms with van der Waals surface area (Å²) in [4.78, 5) is 0. The predicted octanol–water partition coefficient (Wildman–Crippen LogP) is 3.61. The molecule has 0 spiro atoms. The Labute approximate surface area is 121 Å². The van der Waals surface area contributed by atoms with Crippen LogP contribution in [-0.4, -0.2) is 12.6 Å². The lowest BCUT2D eigenvalue weighted by molar-refractivity contribution is 0.307. The lowest BCUT2D eigenvalue weighted by Gasteiger charge is -2.31. The molecule has 106 valence electrons. The maximum absolute atomic E-state index is 5.53. The van der Waals surface area contributed by atoms with Crippen LogP contribution in [0.1, 0.15) is 30.2 Å². The standard InChI is InChI=1S/C18H23NO/c1-2-19-18(13-17-8-5-11-20-17)16-10-9-14-6-3-4-7-15(14)12-16/h3-8,11,16,18-19H,2,9-10,12-13H2,1H3. The van der Waals surface area contributed by atoms with Crippen molar-refractivity contribution in [2.45, 2.75) is 38.6 Å². The molecule has 0 amide bonds. The van der Waals surface area contributed by atoms with Crippen molar-refractivity contribution in [1.29, 1.82) is 0 Å².